The van der Waals surface area contributed by atoms with Crippen LogP contribution in [0.25, 0.3) is 10.8 Å². The molecule has 1 aliphatic heterocycles. The Balaban J connectivity index is 2.09. The molecule has 1 aliphatic rings. The topological polar surface area (TPSA) is 99.7 Å². The largest absolute Gasteiger partial charge is 0.480 e. The van der Waals surface area contributed by atoms with Gasteiger partial charge in [0.15, 0.2) is 6.04 Å². The van der Waals surface area contributed by atoms with Gasteiger partial charge in [0.2, 0.25) is 0 Å². The SMILES string of the molecule is Cc1c(C(=O)N2CCOCC2C(=O)O)[nH]c(=O)c2ccccc12. The Bertz CT molecular complexity index is 842. The number of carbonyl (C=O) groups excluding carboxylic acids is 1. The van der Waals surface area contributed by atoms with Crippen LogP contribution in [-0.2, 0) is 9.53 Å². The molecule has 1 saturated heterocycles. The monoisotopic (exact) mass is 316 g/mol. The second kappa shape index (κ2) is 5.85. The van der Waals surface area contributed by atoms with Crippen LogP contribution in [0.4, 0.5) is 0 Å². The number of aromatic nitrogens is 1. The fraction of sp³-hybridized carbons (Fsp3) is 0.312. The van der Waals surface area contributed by atoms with Crippen LogP contribution in [0.15, 0.2) is 29.1 Å². The summed E-state index contributed by atoms with van der Waals surface area (Å²) in [6.07, 6.45) is 0. The van der Waals surface area contributed by atoms with E-state index in [0.29, 0.717) is 16.3 Å². The molecule has 2 N–H and O–H groups in total. The van der Waals surface area contributed by atoms with E-state index in [1.54, 1.807) is 31.2 Å². The lowest BCUT2D eigenvalue weighted by Gasteiger charge is -2.33. The highest BCUT2D eigenvalue weighted by Gasteiger charge is 2.34. The number of aromatic amines is 1. The van der Waals surface area contributed by atoms with E-state index in [4.69, 9.17) is 4.74 Å². The number of hydrogen-bond acceptors (Lipinski definition) is 4. The van der Waals surface area contributed by atoms with Crippen LogP contribution in [-0.4, -0.2) is 52.7 Å². The van der Waals surface area contributed by atoms with Gasteiger partial charge in [-0.15, -0.1) is 0 Å². The average Bonchev–Trinajstić information content (AvgIpc) is 2.57. The highest BCUT2D eigenvalue weighted by atomic mass is 16.5. The second-order valence-corrected chi connectivity index (χ2v) is 5.43. The number of nitrogens with zero attached hydrogens (tertiary/aromatic N) is 1. The number of hydrogen-bond donors (Lipinski definition) is 2. The Hall–Kier alpha value is -2.67. The van der Waals surface area contributed by atoms with Gasteiger partial charge in [-0.2, -0.15) is 0 Å². The number of benzene rings is 1. The maximum atomic E-state index is 12.8. The summed E-state index contributed by atoms with van der Waals surface area (Å²) >= 11 is 0. The van der Waals surface area contributed by atoms with E-state index in [2.05, 4.69) is 4.98 Å². The van der Waals surface area contributed by atoms with E-state index in [1.807, 2.05) is 0 Å². The normalized spacial score (nSPS) is 18.1. The number of amides is 1. The first kappa shape index (κ1) is 15.2. The van der Waals surface area contributed by atoms with E-state index >= 15 is 0 Å². The maximum absolute atomic E-state index is 12.8. The molecule has 0 bridgehead atoms. The summed E-state index contributed by atoms with van der Waals surface area (Å²) in [6, 6.07) is 5.94. The number of carboxylic acids is 1. The number of fused-ring (bicyclic) bond motifs is 1. The predicted octanol–water partition coefficient (Wildman–Crippen LogP) is 0.762. The van der Waals surface area contributed by atoms with Crippen LogP contribution in [0.1, 0.15) is 16.1 Å². The zero-order valence-corrected chi connectivity index (χ0v) is 12.5. The van der Waals surface area contributed by atoms with Gasteiger partial charge >= 0.3 is 5.97 Å². The van der Waals surface area contributed by atoms with Crippen LogP contribution in [0.2, 0.25) is 0 Å². The van der Waals surface area contributed by atoms with E-state index < -0.39 is 17.9 Å². The van der Waals surface area contributed by atoms with E-state index in [9.17, 15) is 19.5 Å². The molecule has 1 atom stereocenters. The van der Waals surface area contributed by atoms with Crippen molar-refractivity contribution in [3.63, 3.8) is 0 Å². The number of rotatable bonds is 2. The summed E-state index contributed by atoms with van der Waals surface area (Å²) in [7, 11) is 0. The lowest BCUT2D eigenvalue weighted by molar-refractivity contribution is -0.147. The molecule has 7 heteroatoms. The molecule has 7 nitrogen and oxygen atoms in total. The molecule has 120 valence electrons. The summed E-state index contributed by atoms with van der Waals surface area (Å²) < 4.78 is 5.14. The van der Waals surface area contributed by atoms with Gasteiger partial charge in [0.25, 0.3) is 11.5 Å². The molecular weight excluding hydrogens is 300 g/mol. The van der Waals surface area contributed by atoms with Gasteiger partial charge in [-0.25, -0.2) is 4.79 Å². The minimum absolute atomic E-state index is 0.0576. The van der Waals surface area contributed by atoms with Crippen molar-refractivity contribution in [3.8, 4) is 0 Å². The highest BCUT2D eigenvalue weighted by molar-refractivity contribution is 6.00. The molecule has 0 aliphatic carbocycles. The first-order valence-corrected chi connectivity index (χ1v) is 7.24. The fourth-order valence-corrected chi connectivity index (χ4v) is 2.83. The molecular formula is C16H16N2O5. The molecule has 0 radical (unpaired) electrons. The van der Waals surface area contributed by atoms with Crippen molar-refractivity contribution in [1.29, 1.82) is 0 Å². The number of aryl methyl sites for hydroxylation is 1. The van der Waals surface area contributed by atoms with E-state index in [1.165, 1.54) is 4.90 Å². The average molecular weight is 316 g/mol. The molecule has 1 aromatic heterocycles. The fourth-order valence-electron chi connectivity index (χ4n) is 2.83. The molecule has 1 aromatic carbocycles. The third-order valence-electron chi connectivity index (χ3n) is 4.08. The molecule has 23 heavy (non-hydrogen) atoms. The van der Waals surface area contributed by atoms with Crippen LogP contribution < -0.4 is 5.56 Å². The van der Waals surface area contributed by atoms with Crippen LogP contribution >= 0.6 is 0 Å². The summed E-state index contributed by atoms with van der Waals surface area (Å²) in [5.41, 5.74) is 0.386. The minimum Gasteiger partial charge on any atom is -0.480 e. The minimum atomic E-state index is -1.13. The van der Waals surface area contributed by atoms with Gasteiger partial charge in [-0.05, 0) is 23.9 Å². The van der Waals surface area contributed by atoms with Gasteiger partial charge in [0.05, 0.1) is 13.2 Å². The van der Waals surface area contributed by atoms with Crippen molar-refractivity contribution in [2.24, 2.45) is 0 Å². The van der Waals surface area contributed by atoms with Gasteiger partial charge in [0, 0.05) is 11.9 Å². The molecule has 1 amide bonds. The van der Waals surface area contributed by atoms with Crippen LogP contribution in [0.5, 0.6) is 0 Å². The summed E-state index contributed by atoms with van der Waals surface area (Å²) in [4.78, 5) is 40.1. The standard InChI is InChI=1S/C16H16N2O5/c1-9-10-4-2-3-5-11(10)14(19)17-13(9)15(20)18-6-7-23-8-12(18)16(21)22/h2-5,12H,6-8H2,1H3,(H,17,19)(H,21,22). The summed E-state index contributed by atoms with van der Waals surface area (Å²) in [5.74, 6) is -1.63. The van der Waals surface area contributed by atoms with Gasteiger partial charge in [-0.1, -0.05) is 18.2 Å². The Kier molecular flexibility index (Phi) is 3.87. The number of aliphatic carboxylic acids is 1. The molecule has 0 saturated carbocycles. The first-order chi connectivity index (χ1) is 11.0. The van der Waals surface area contributed by atoms with Crippen molar-refractivity contribution >= 4 is 22.6 Å². The molecule has 3 rings (SSSR count). The summed E-state index contributed by atoms with van der Waals surface area (Å²) in [5, 5.41) is 10.4. The lowest BCUT2D eigenvalue weighted by Crippen LogP contribution is -2.53. The molecule has 1 fully saturated rings. The predicted molar refractivity (Wildman–Crippen MR) is 82.6 cm³/mol. The second-order valence-electron chi connectivity index (χ2n) is 5.43. The highest BCUT2D eigenvalue weighted by Crippen LogP contribution is 2.20. The number of nitrogens with one attached hydrogen (secondary N) is 1. The van der Waals surface area contributed by atoms with Gasteiger partial charge < -0.3 is 19.7 Å². The maximum Gasteiger partial charge on any atom is 0.328 e. The smallest absolute Gasteiger partial charge is 0.328 e. The number of H-pyrrole nitrogens is 1. The number of ether oxygens (including phenoxy) is 1. The summed E-state index contributed by atoms with van der Waals surface area (Å²) in [6.45, 7) is 2.12. The number of morpholine rings is 1. The van der Waals surface area contributed by atoms with Crippen molar-refractivity contribution in [2.45, 2.75) is 13.0 Å². The molecule has 0 spiro atoms. The number of pyridine rings is 1. The van der Waals surface area contributed by atoms with Crippen LogP contribution in [0.3, 0.4) is 0 Å². The lowest BCUT2D eigenvalue weighted by atomic mass is 10.0. The Morgan fingerprint density at radius 1 is 1.30 bits per heavy atom. The van der Waals surface area contributed by atoms with Crippen molar-refractivity contribution in [1.82, 2.24) is 9.88 Å². The first-order valence-electron chi connectivity index (χ1n) is 7.24. The third-order valence-corrected chi connectivity index (χ3v) is 4.08. The van der Waals surface area contributed by atoms with E-state index in [0.717, 1.165) is 0 Å². The van der Waals surface area contributed by atoms with E-state index in [-0.39, 0.29) is 31.0 Å². The Morgan fingerprint density at radius 3 is 2.70 bits per heavy atom. The number of carboxylic acid groups (broad SMARTS) is 1. The third kappa shape index (κ3) is 2.59. The zero-order valence-electron chi connectivity index (χ0n) is 12.5. The number of carbonyl (C=O) groups is 2. The Labute approximate surface area is 131 Å². The molecule has 1 unspecified atom stereocenters. The molecule has 2 aromatic rings. The van der Waals surface area contributed by atoms with Gasteiger partial charge in [0.1, 0.15) is 5.69 Å². The molecule has 2 heterocycles. The van der Waals surface area contributed by atoms with Crippen molar-refractivity contribution in [2.75, 3.05) is 19.8 Å². The zero-order chi connectivity index (χ0) is 16.6. The quantitative estimate of drug-likeness (QED) is 0.852. The van der Waals surface area contributed by atoms with Crippen LogP contribution in [0, 0.1) is 6.92 Å². The Morgan fingerprint density at radius 2 is 2.00 bits per heavy atom. The van der Waals surface area contributed by atoms with Gasteiger partial charge in [-0.3, -0.25) is 9.59 Å². The van der Waals surface area contributed by atoms with Crippen molar-refractivity contribution in [3.05, 3.63) is 45.9 Å². The van der Waals surface area contributed by atoms with Crippen molar-refractivity contribution < 1.29 is 19.4 Å².